The molecule has 2 aromatic heterocycles. The van der Waals surface area contributed by atoms with E-state index in [2.05, 4.69) is 15.4 Å². The maximum atomic E-state index is 11.8. The molecular weight excluding hydrogens is 216 g/mol. The Kier molecular flexibility index (Phi) is 3.49. The minimum absolute atomic E-state index is 0.0700. The summed E-state index contributed by atoms with van der Waals surface area (Å²) in [6.07, 6.45) is 5.13. The van der Waals surface area contributed by atoms with E-state index in [0.717, 1.165) is 5.69 Å². The van der Waals surface area contributed by atoms with Crippen LogP contribution >= 0.6 is 0 Å². The van der Waals surface area contributed by atoms with Gasteiger partial charge in [0.25, 0.3) is 0 Å². The molecule has 0 aliphatic rings. The highest BCUT2D eigenvalue weighted by Gasteiger charge is 2.14. The van der Waals surface area contributed by atoms with Crippen molar-refractivity contribution in [3.63, 3.8) is 0 Å². The van der Waals surface area contributed by atoms with E-state index in [1.165, 1.54) is 0 Å². The molecule has 0 bridgehead atoms. The van der Waals surface area contributed by atoms with Crippen LogP contribution in [0, 0.1) is 0 Å². The number of nitrogens with zero attached hydrogens (tertiary/aromatic N) is 3. The summed E-state index contributed by atoms with van der Waals surface area (Å²) in [5.41, 5.74) is 0.841. The largest absolute Gasteiger partial charge is 0.349 e. The highest BCUT2D eigenvalue weighted by atomic mass is 16.2. The van der Waals surface area contributed by atoms with Crippen LogP contribution in [0.5, 0.6) is 0 Å². The van der Waals surface area contributed by atoms with Crippen molar-refractivity contribution in [3.05, 3.63) is 48.5 Å². The van der Waals surface area contributed by atoms with Crippen LogP contribution in [-0.4, -0.2) is 20.7 Å². The maximum Gasteiger partial charge on any atom is 0.244 e. The summed E-state index contributed by atoms with van der Waals surface area (Å²) in [4.78, 5) is 16.0. The molecule has 1 N–H and O–H groups in total. The van der Waals surface area contributed by atoms with Crippen molar-refractivity contribution in [2.45, 2.75) is 19.5 Å². The van der Waals surface area contributed by atoms with Crippen LogP contribution in [0.1, 0.15) is 18.7 Å². The Bertz CT molecular complexity index is 467. The van der Waals surface area contributed by atoms with Gasteiger partial charge in [-0.3, -0.25) is 14.5 Å². The number of hydrogen-bond acceptors (Lipinski definition) is 3. The second-order valence-corrected chi connectivity index (χ2v) is 3.70. The molecule has 0 radical (unpaired) electrons. The van der Waals surface area contributed by atoms with Crippen molar-refractivity contribution in [1.82, 2.24) is 20.1 Å². The van der Waals surface area contributed by atoms with Crippen LogP contribution in [0.4, 0.5) is 0 Å². The Hall–Kier alpha value is -2.17. The Morgan fingerprint density at radius 1 is 1.41 bits per heavy atom. The summed E-state index contributed by atoms with van der Waals surface area (Å²) in [6, 6.07) is 7.10. The number of pyridine rings is 1. The molecule has 0 fully saturated rings. The summed E-state index contributed by atoms with van der Waals surface area (Å²) >= 11 is 0. The first-order valence-electron chi connectivity index (χ1n) is 5.44. The highest BCUT2D eigenvalue weighted by Crippen LogP contribution is 2.03. The second kappa shape index (κ2) is 5.25. The van der Waals surface area contributed by atoms with Crippen LogP contribution in [0.25, 0.3) is 0 Å². The Morgan fingerprint density at radius 2 is 2.29 bits per heavy atom. The number of hydrogen-bond donors (Lipinski definition) is 1. The molecule has 2 heterocycles. The third-order valence-corrected chi connectivity index (χ3v) is 2.47. The fraction of sp³-hybridized carbons (Fsp3) is 0.250. The Labute approximate surface area is 99.5 Å². The van der Waals surface area contributed by atoms with E-state index in [1.54, 1.807) is 36.3 Å². The number of carbonyl (C=O) groups excluding carboxylic acids is 1. The fourth-order valence-electron chi connectivity index (χ4n) is 1.46. The summed E-state index contributed by atoms with van der Waals surface area (Å²) in [6.45, 7) is 2.24. The molecule has 88 valence electrons. The molecule has 0 aromatic carbocycles. The quantitative estimate of drug-likeness (QED) is 0.857. The molecule has 0 saturated heterocycles. The van der Waals surface area contributed by atoms with Crippen molar-refractivity contribution in [2.75, 3.05) is 0 Å². The summed E-state index contributed by atoms with van der Waals surface area (Å²) in [7, 11) is 0. The molecule has 1 atom stereocenters. The second-order valence-electron chi connectivity index (χ2n) is 3.70. The van der Waals surface area contributed by atoms with Gasteiger partial charge in [0, 0.05) is 18.6 Å². The van der Waals surface area contributed by atoms with Crippen molar-refractivity contribution in [3.8, 4) is 0 Å². The van der Waals surface area contributed by atoms with E-state index in [9.17, 15) is 4.79 Å². The van der Waals surface area contributed by atoms with Gasteiger partial charge in [-0.1, -0.05) is 6.07 Å². The average molecular weight is 230 g/mol. The highest BCUT2D eigenvalue weighted by molar-refractivity contribution is 5.79. The van der Waals surface area contributed by atoms with E-state index >= 15 is 0 Å². The molecule has 2 aromatic rings. The normalized spacial score (nSPS) is 12.1. The lowest BCUT2D eigenvalue weighted by Crippen LogP contribution is -2.31. The van der Waals surface area contributed by atoms with Crippen LogP contribution in [0.3, 0.4) is 0 Å². The number of amides is 1. The van der Waals surface area contributed by atoms with Gasteiger partial charge in [0.1, 0.15) is 6.04 Å². The third-order valence-electron chi connectivity index (χ3n) is 2.47. The Morgan fingerprint density at radius 3 is 2.94 bits per heavy atom. The molecule has 0 aliphatic carbocycles. The SMILES string of the molecule is C[C@@H](C(=O)NCc1ccccn1)n1cccn1. The van der Waals surface area contributed by atoms with Crippen molar-refractivity contribution < 1.29 is 4.79 Å². The van der Waals surface area contributed by atoms with Crippen LogP contribution in [0.2, 0.25) is 0 Å². The molecule has 0 aliphatic heterocycles. The van der Waals surface area contributed by atoms with Crippen LogP contribution in [0.15, 0.2) is 42.9 Å². The zero-order valence-electron chi connectivity index (χ0n) is 9.58. The predicted octanol–water partition coefficient (Wildman–Crippen LogP) is 1.16. The fourth-order valence-corrected chi connectivity index (χ4v) is 1.46. The maximum absolute atomic E-state index is 11.8. The molecule has 0 saturated carbocycles. The molecule has 1 amide bonds. The Balaban J connectivity index is 1.90. The molecule has 17 heavy (non-hydrogen) atoms. The molecule has 0 spiro atoms. The van der Waals surface area contributed by atoms with E-state index in [4.69, 9.17) is 0 Å². The lowest BCUT2D eigenvalue weighted by molar-refractivity contribution is -0.124. The number of rotatable bonds is 4. The first-order chi connectivity index (χ1) is 8.27. The van der Waals surface area contributed by atoms with Crippen molar-refractivity contribution >= 4 is 5.91 Å². The minimum atomic E-state index is -0.311. The first kappa shape index (κ1) is 11.3. The van der Waals surface area contributed by atoms with E-state index < -0.39 is 0 Å². The lowest BCUT2D eigenvalue weighted by atomic mass is 10.3. The summed E-state index contributed by atoms with van der Waals surface area (Å²) in [5, 5.41) is 6.86. The first-order valence-corrected chi connectivity index (χ1v) is 5.44. The number of nitrogens with one attached hydrogen (secondary N) is 1. The van der Waals surface area contributed by atoms with E-state index in [0.29, 0.717) is 6.54 Å². The summed E-state index contributed by atoms with van der Waals surface area (Å²) in [5.74, 6) is -0.0700. The number of aromatic nitrogens is 3. The van der Waals surface area contributed by atoms with Gasteiger partial charge in [-0.05, 0) is 25.1 Å². The van der Waals surface area contributed by atoms with Gasteiger partial charge >= 0.3 is 0 Å². The third kappa shape index (κ3) is 2.90. The van der Waals surface area contributed by atoms with Gasteiger partial charge in [-0.25, -0.2) is 0 Å². The molecular formula is C12H14N4O. The van der Waals surface area contributed by atoms with Gasteiger partial charge in [-0.2, -0.15) is 5.10 Å². The van der Waals surface area contributed by atoms with Gasteiger partial charge in [0.05, 0.1) is 12.2 Å². The van der Waals surface area contributed by atoms with Crippen LogP contribution in [-0.2, 0) is 11.3 Å². The average Bonchev–Trinajstić information content (AvgIpc) is 2.90. The summed E-state index contributed by atoms with van der Waals surface area (Å²) < 4.78 is 1.62. The molecule has 5 nitrogen and oxygen atoms in total. The molecule has 5 heteroatoms. The minimum Gasteiger partial charge on any atom is -0.349 e. The molecule has 0 unspecified atom stereocenters. The zero-order chi connectivity index (χ0) is 12.1. The monoisotopic (exact) mass is 230 g/mol. The lowest BCUT2D eigenvalue weighted by Gasteiger charge is -2.12. The van der Waals surface area contributed by atoms with Gasteiger partial charge in [-0.15, -0.1) is 0 Å². The van der Waals surface area contributed by atoms with E-state index in [1.807, 2.05) is 18.2 Å². The van der Waals surface area contributed by atoms with Gasteiger partial charge < -0.3 is 5.32 Å². The van der Waals surface area contributed by atoms with Crippen molar-refractivity contribution in [2.24, 2.45) is 0 Å². The van der Waals surface area contributed by atoms with Gasteiger partial charge in [0.2, 0.25) is 5.91 Å². The zero-order valence-corrected chi connectivity index (χ0v) is 9.58. The topological polar surface area (TPSA) is 59.8 Å². The van der Waals surface area contributed by atoms with Crippen LogP contribution < -0.4 is 5.32 Å². The molecule has 2 rings (SSSR count). The predicted molar refractivity (Wildman–Crippen MR) is 63.0 cm³/mol. The number of carbonyl (C=O) groups is 1. The van der Waals surface area contributed by atoms with Gasteiger partial charge in [0.15, 0.2) is 0 Å². The van der Waals surface area contributed by atoms with Crippen molar-refractivity contribution in [1.29, 1.82) is 0 Å². The smallest absolute Gasteiger partial charge is 0.244 e. The standard InChI is InChI=1S/C12H14N4O/c1-10(16-8-4-7-15-16)12(17)14-9-11-5-2-3-6-13-11/h2-8,10H,9H2,1H3,(H,14,17)/t10-/m0/s1. The van der Waals surface area contributed by atoms with E-state index in [-0.39, 0.29) is 11.9 Å².